The summed E-state index contributed by atoms with van der Waals surface area (Å²) < 4.78 is 0. The van der Waals surface area contributed by atoms with E-state index in [0.29, 0.717) is 11.8 Å². The van der Waals surface area contributed by atoms with Crippen molar-refractivity contribution in [2.24, 2.45) is 11.8 Å². The summed E-state index contributed by atoms with van der Waals surface area (Å²) in [4.78, 5) is 0. The minimum Gasteiger partial charge on any atom is -0.103 e. The average Bonchev–Trinajstić information content (AvgIpc) is 2.23. The second-order valence-electron chi connectivity index (χ2n) is 4.37. The molecular weight excluding hydrogens is 180 g/mol. The molecule has 0 nitrogen and oxygen atoms in total. The van der Waals surface area contributed by atoms with E-state index >= 15 is 0 Å². The molecular formula is C15H26. The maximum Gasteiger partial charge on any atom is -0.00542 e. The van der Waals surface area contributed by atoms with Gasteiger partial charge in [-0.25, -0.2) is 0 Å². The van der Waals surface area contributed by atoms with Crippen LogP contribution in [0.2, 0.25) is 0 Å². The predicted molar refractivity (Wildman–Crippen MR) is 70.9 cm³/mol. The van der Waals surface area contributed by atoms with Crippen molar-refractivity contribution in [3.05, 3.63) is 37.0 Å². The Morgan fingerprint density at radius 1 is 1.27 bits per heavy atom. The van der Waals surface area contributed by atoms with E-state index in [1.807, 2.05) is 12.2 Å². The van der Waals surface area contributed by atoms with Crippen molar-refractivity contribution in [3.8, 4) is 0 Å². The molecule has 0 bridgehead atoms. The molecule has 0 aromatic heterocycles. The summed E-state index contributed by atoms with van der Waals surface area (Å²) in [7, 11) is 0. The van der Waals surface area contributed by atoms with Crippen LogP contribution in [0.15, 0.2) is 37.0 Å². The number of hydrogen-bond donors (Lipinski definition) is 0. The third kappa shape index (κ3) is 6.33. The van der Waals surface area contributed by atoms with Gasteiger partial charge in [0.1, 0.15) is 0 Å². The van der Waals surface area contributed by atoms with Crippen molar-refractivity contribution in [2.75, 3.05) is 0 Å². The molecule has 0 amide bonds. The Hall–Kier alpha value is -0.780. The molecule has 0 saturated heterocycles. The summed E-state index contributed by atoms with van der Waals surface area (Å²) in [6.07, 6.45) is 11.3. The second kappa shape index (κ2) is 8.52. The van der Waals surface area contributed by atoms with Crippen LogP contribution in [-0.2, 0) is 0 Å². The molecule has 0 spiro atoms. The molecule has 0 aliphatic carbocycles. The number of hydrogen-bond acceptors (Lipinski definition) is 0. The Labute approximate surface area is 95.8 Å². The zero-order valence-electron chi connectivity index (χ0n) is 10.6. The molecule has 0 radical (unpaired) electrons. The molecule has 0 saturated carbocycles. The Morgan fingerprint density at radius 2 is 1.93 bits per heavy atom. The van der Waals surface area contributed by atoms with Crippen molar-refractivity contribution in [1.29, 1.82) is 0 Å². The first-order valence-electron chi connectivity index (χ1n) is 6.09. The molecule has 2 atom stereocenters. The third-order valence-corrected chi connectivity index (χ3v) is 2.79. The van der Waals surface area contributed by atoms with Gasteiger partial charge in [0, 0.05) is 0 Å². The predicted octanol–water partition coefficient (Wildman–Crippen LogP) is 5.14. The van der Waals surface area contributed by atoms with Crippen molar-refractivity contribution in [2.45, 2.75) is 46.5 Å². The van der Waals surface area contributed by atoms with Crippen LogP contribution in [0.3, 0.4) is 0 Å². The number of unbranched alkanes of at least 4 members (excludes halogenated alkanes) is 1. The molecule has 0 aliphatic heterocycles. The van der Waals surface area contributed by atoms with E-state index in [9.17, 15) is 0 Å². The summed E-state index contributed by atoms with van der Waals surface area (Å²) in [6.45, 7) is 14.4. The van der Waals surface area contributed by atoms with Crippen LogP contribution in [0.5, 0.6) is 0 Å². The molecule has 0 rings (SSSR count). The minimum atomic E-state index is 0.517. The van der Waals surface area contributed by atoms with Gasteiger partial charge in [0.15, 0.2) is 0 Å². The van der Waals surface area contributed by atoms with Crippen molar-refractivity contribution >= 4 is 0 Å². The summed E-state index contributed by atoms with van der Waals surface area (Å²) in [5.41, 5.74) is 1.54. The molecule has 0 N–H and O–H groups in total. The summed E-state index contributed by atoms with van der Waals surface area (Å²) in [5.74, 6) is 1.13. The van der Waals surface area contributed by atoms with Gasteiger partial charge >= 0.3 is 0 Å². The maximum absolute atomic E-state index is 3.88. The van der Waals surface area contributed by atoms with Gasteiger partial charge in [-0.15, -0.1) is 13.2 Å². The first-order chi connectivity index (χ1) is 7.15. The molecule has 0 fully saturated rings. The van der Waals surface area contributed by atoms with E-state index in [0.717, 1.165) is 6.42 Å². The molecule has 0 heteroatoms. The van der Waals surface area contributed by atoms with Crippen LogP contribution in [0, 0.1) is 11.8 Å². The van der Waals surface area contributed by atoms with E-state index in [-0.39, 0.29) is 0 Å². The van der Waals surface area contributed by atoms with Crippen LogP contribution in [0.1, 0.15) is 46.5 Å². The Morgan fingerprint density at radius 3 is 2.40 bits per heavy atom. The van der Waals surface area contributed by atoms with E-state index in [4.69, 9.17) is 0 Å². The molecule has 0 aromatic carbocycles. The Balaban J connectivity index is 4.44. The van der Waals surface area contributed by atoms with Crippen LogP contribution < -0.4 is 0 Å². The zero-order chi connectivity index (χ0) is 11.7. The van der Waals surface area contributed by atoms with Gasteiger partial charge < -0.3 is 0 Å². The minimum absolute atomic E-state index is 0.517. The van der Waals surface area contributed by atoms with Gasteiger partial charge in [-0.3, -0.25) is 0 Å². The van der Waals surface area contributed by atoms with Gasteiger partial charge in [0.2, 0.25) is 0 Å². The van der Waals surface area contributed by atoms with Crippen LogP contribution >= 0.6 is 0 Å². The fourth-order valence-electron chi connectivity index (χ4n) is 1.69. The molecule has 0 heterocycles. The molecule has 2 unspecified atom stereocenters. The standard InChI is InChI=1S/C15H26/c1-6-9-11-15(14(5)8-3)12-13(4)10-7-2/h7-8,12-14H,2-3,6,9-11H2,1,4-5H3. The molecule has 0 aliphatic rings. The SMILES string of the molecule is C=CCC(C)C=C(CCCC)C(C)C=C. The highest BCUT2D eigenvalue weighted by atomic mass is 14.1. The smallest absolute Gasteiger partial charge is 0.00542 e. The van der Waals surface area contributed by atoms with Gasteiger partial charge in [-0.05, 0) is 31.1 Å². The van der Waals surface area contributed by atoms with Crippen LogP contribution in [0.25, 0.3) is 0 Å². The highest BCUT2D eigenvalue weighted by Gasteiger charge is 2.06. The van der Waals surface area contributed by atoms with E-state index in [1.165, 1.54) is 19.3 Å². The fourth-order valence-corrected chi connectivity index (χ4v) is 1.69. The van der Waals surface area contributed by atoms with Crippen molar-refractivity contribution in [1.82, 2.24) is 0 Å². The lowest BCUT2D eigenvalue weighted by atomic mass is 9.92. The maximum atomic E-state index is 3.88. The normalized spacial score (nSPS) is 15.8. The van der Waals surface area contributed by atoms with Gasteiger partial charge in [-0.2, -0.15) is 0 Å². The lowest BCUT2D eigenvalue weighted by molar-refractivity contribution is 0.672. The van der Waals surface area contributed by atoms with Crippen LogP contribution in [0.4, 0.5) is 0 Å². The molecule has 86 valence electrons. The topological polar surface area (TPSA) is 0 Å². The van der Waals surface area contributed by atoms with Crippen molar-refractivity contribution < 1.29 is 0 Å². The Bertz CT molecular complexity index is 210. The quantitative estimate of drug-likeness (QED) is 0.482. The van der Waals surface area contributed by atoms with E-state index < -0.39 is 0 Å². The molecule has 0 aromatic rings. The van der Waals surface area contributed by atoms with Crippen LogP contribution in [-0.4, -0.2) is 0 Å². The number of rotatable bonds is 8. The largest absolute Gasteiger partial charge is 0.103 e. The highest BCUT2D eigenvalue weighted by molar-refractivity contribution is 5.12. The first-order valence-corrected chi connectivity index (χ1v) is 6.09. The monoisotopic (exact) mass is 206 g/mol. The Kier molecular flexibility index (Phi) is 8.08. The summed E-state index contributed by atoms with van der Waals surface area (Å²) in [5, 5.41) is 0. The fraction of sp³-hybridized carbons (Fsp3) is 0.600. The molecule has 15 heavy (non-hydrogen) atoms. The number of allylic oxidation sites excluding steroid dienone is 4. The van der Waals surface area contributed by atoms with E-state index in [1.54, 1.807) is 5.57 Å². The summed E-state index contributed by atoms with van der Waals surface area (Å²) in [6, 6.07) is 0. The lowest BCUT2D eigenvalue weighted by Gasteiger charge is -2.14. The van der Waals surface area contributed by atoms with Crippen molar-refractivity contribution in [3.63, 3.8) is 0 Å². The van der Waals surface area contributed by atoms with E-state index in [2.05, 4.69) is 40.0 Å². The lowest BCUT2D eigenvalue weighted by Crippen LogP contribution is -1.99. The van der Waals surface area contributed by atoms with Gasteiger partial charge in [0.05, 0.1) is 0 Å². The average molecular weight is 206 g/mol. The first kappa shape index (κ1) is 14.2. The highest BCUT2D eigenvalue weighted by Crippen LogP contribution is 2.21. The zero-order valence-corrected chi connectivity index (χ0v) is 10.6. The summed E-state index contributed by atoms with van der Waals surface area (Å²) >= 11 is 0. The van der Waals surface area contributed by atoms with Gasteiger partial charge in [0.25, 0.3) is 0 Å². The third-order valence-electron chi connectivity index (χ3n) is 2.79. The van der Waals surface area contributed by atoms with Gasteiger partial charge in [-0.1, -0.05) is 51.0 Å². The second-order valence-corrected chi connectivity index (χ2v) is 4.37.